The summed E-state index contributed by atoms with van der Waals surface area (Å²) in [6.45, 7) is 1.17. The van der Waals surface area contributed by atoms with Gasteiger partial charge in [-0.05, 0) is 18.5 Å². The van der Waals surface area contributed by atoms with Crippen molar-refractivity contribution in [3.05, 3.63) is 41.7 Å². The number of nitrogens with one attached hydrogen (secondary N) is 1. The zero-order valence-corrected chi connectivity index (χ0v) is 13.4. The second kappa shape index (κ2) is 6.25. The Balaban J connectivity index is 2.20. The first kappa shape index (κ1) is 15.9. The smallest absolute Gasteiger partial charge is 0.322 e. The predicted octanol–water partition coefficient (Wildman–Crippen LogP) is 2.19. The van der Waals surface area contributed by atoms with E-state index in [0.717, 1.165) is 5.56 Å². The van der Waals surface area contributed by atoms with Crippen LogP contribution < -0.4 is 5.32 Å². The summed E-state index contributed by atoms with van der Waals surface area (Å²) in [5.41, 5.74) is 1.66. The van der Waals surface area contributed by atoms with Gasteiger partial charge in [-0.3, -0.25) is 9.59 Å². The normalized spacial score (nSPS) is 10.7. The van der Waals surface area contributed by atoms with Gasteiger partial charge in [0.25, 0.3) is 5.91 Å². The summed E-state index contributed by atoms with van der Waals surface area (Å²) in [4.78, 5) is 27.1. The van der Waals surface area contributed by atoms with E-state index >= 15 is 0 Å². The van der Waals surface area contributed by atoms with Gasteiger partial charge in [0.1, 0.15) is 6.54 Å². The van der Waals surface area contributed by atoms with E-state index in [2.05, 4.69) is 14.7 Å². The summed E-state index contributed by atoms with van der Waals surface area (Å²) in [6.07, 6.45) is 0. The van der Waals surface area contributed by atoms with Crippen molar-refractivity contribution in [3.8, 4) is 17.0 Å². The molecule has 0 unspecified atom stereocenters. The Hall–Kier alpha value is -3.00. The summed E-state index contributed by atoms with van der Waals surface area (Å²) in [5, 5.41) is 21.8. The number of fused-ring (bicyclic) bond motifs is 1. The summed E-state index contributed by atoms with van der Waals surface area (Å²) in [5.74, 6) is -2.22. The molecular weight excluding hydrogens is 330 g/mol. The third-order valence-corrected chi connectivity index (χ3v) is 4.37. The highest BCUT2D eigenvalue weighted by molar-refractivity contribution is 7.14. The van der Waals surface area contributed by atoms with E-state index in [0.29, 0.717) is 21.5 Å². The molecular formula is C16H13N3O4S. The largest absolute Gasteiger partial charge is 0.505 e. The zero-order valence-electron chi connectivity index (χ0n) is 12.6. The van der Waals surface area contributed by atoms with Crippen LogP contribution in [0.3, 0.4) is 0 Å². The lowest BCUT2D eigenvalue weighted by atomic mass is 10.1. The molecule has 8 heteroatoms. The second-order valence-corrected chi connectivity index (χ2v) is 5.85. The first-order chi connectivity index (χ1) is 11.5. The molecule has 0 saturated heterocycles. The highest BCUT2D eigenvalue weighted by Gasteiger charge is 2.23. The zero-order chi connectivity index (χ0) is 17.3. The molecule has 3 aromatic rings. The molecule has 1 aromatic carbocycles. The average Bonchev–Trinajstić information content (AvgIpc) is 2.96. The molecule has 7 nitrogen and oxygen atoms in total. The van der Waals surface area contributed by atoms with E-state index in [1.165, 1.54) is 11.5 Å². The molecule has 0 saturated carbocycles. The van der Waals surface area contributed by atoms with Crippen LogP contribution in [0.4, 0.5) is 0 Å². The number of hydrogen-bond donors (Lipinski definition) is 3. The number of amides is 1. The summed E-state index contributed by atoms with van der Waals surface area (Å²) in [7, 11) is 0. The molecule has 3 rings (SSSR count). The number of carboxylic acids is 1. The van der Waals surface area contributed by atoms with Gasteiger partial charge in [0.15, 0.2) is 11.4 Å². The Kier molecular flexibility index (Phi) is 4.13. The van der Waals surface area contributed by atoms with Gasteiger partial charge in [-0.1, -0.05) is 30.3 Å². The first-order valence-corrected chi connectivity index (χ1v) is 7.80. The summed E-state index contributed by atoms with van der Waals surface area (Å²) in [6, 6.07) is 9.22. The van der Waals surface area contributed by atoms with Crippen LogP contribution in [0.2, 0.25) is 0 Å². The van der Waals surface area contributed by atoms with E-state index in [9.17, 15) is 14.7 Å². The standard InChI is InChI=1S/C16H13N3O4S/c1-8-11-14(22)13(16(23)17-7-10(20)21)18-12(15(11)24-19-8)9-5-3-2-4-6-9/h2-6,22H,7H2,1H3,(H,17,23)(H,20,21). The molecule has 24 heavy (non-hydrogen) atoms. The Labute approximate surface area is 140 Å². The molecule has 122 valence electrons. The maximum atomic E-state index is 12.2. The van der Waals surface area contributed by atoms with Crippen molar-refractivity contribution in [2.75, 3.05) is 6.54 Å². The average molecular weight is 343 g/mol. The number of aromatic nitrogens is 2. The van der Waals surface area contributed by atoms with Crippen LogP contribution in [-0.4, -0.2) is 38.0 Å². The van der Waals surface area contributed by atoms with Crippen molar-refractivity contribution in [1.82, 2.24) is 14.7 Å². The van der Waals surface area contributed by atoms with Crippen LogP contribution in [0.1, 0.15) is 16.2 Å². The molecule has 0 bridgehead atoms. The minimum Gasteiger partial charge on any atom is -0.505 e. The molecule has 2 heterocycles. The van der Waals surface area contributed by atoms with E-state index in [4.69, 9.17) is 5.11 Å². The number of hydrogen-bond acceptors (Lipinski definition) is 6. The number of aliphatic carboxylic acids is 1. The van der Waals surface area contributed by atoms with Crippen molar-refractivity contribution < 1.29 is 19.8 Å². The van der Waals surface area contributed by atoms with E-state index < -0.39 is 18.4 Å². The molecule has 0 radical (unpaired) electrons. The number of rotatable bonds is 4. The summed E-state index contributed by atoms with van der Waals surface area (Å²) < 4.78 is 4.91. The minimum absolute atomic E-state index is 0.217. The van der Waals surface area contributed by atoms with Crippen LogP contribution in [0.15, 0.2) is 30.3 Å². The molecule has 0 atom stereocenters. The molecule has 0 aliphatic heterocycles. The molecule has 3 N–H and O–H groups in total. The number of carbonyl (C=O) groups excluding carboxylic acids is 1. The van der Waals surface area contributed by atoms with Crippen molar-refractivity contribution >= 4 is 33.5 Å². The van der Waals surface area contributed by atoms with Gasteiger partial charge < -0.3 is 15.5 Å². The number of pyridine rings is 1. The van der Waals surface area contributed by atoms with Gasteiger partial charge >= 0.3 is 5.97 Å². The van der Waals surface area contributed by atoms with Gasteiger partial charge in [-0.2, -0.15) is 4.37 Å². The molecule has 1 amide bonds. The number of nitrogens with zero attached hydrogens (tertiary/aromatic N) is 2. The molecule has 2 aromatic heterocycles. The van der Waals surface area contributed by atoms with Gasteiger partial charge in [-0.25, -0.2) is 4.98 Å². The van der Waals surface area contributed by atoms with Crippen LogP contribution in [0.25, 0.3) is 21.3 Å². The van der Waals surface area contributed by atoms with Crippen LogP contribution in [0, 0.1) is 6.92 Å². The van der Waals surface area contributed by atoms with Crippen LogP contribution in [0.5, 0.6) is 5.75 Å². The second-order valence-electron chi connectivity index (χ2n) is 5.07. The topological polar surface area (TPSA) is 112 Å². The van der Waals surface area contributed by atoms with Gasteiger partial charge in [0, 0.05) is 5.56 Å². The first-order valence-electron chi connectivity index (χ1n) is 7.03. The fraction of sp³-hybridized carbons (Fsp3) is 0.125. The number of carbonyl (C=O) groups is 2. The predicted molar refractivity (Wildman–Crippen MR) is 89.2 cm³/mol. The Morgan fingerprint density at radius 1 is 1.25 bits per heavy atom. The van der Waals surface area contributed by atoms with Crippen molar-refractivity contribution in [2.45, 2.75) is 6.92 Å². The van der Waals surface area contributed by atoms with Crippen molar-refractivity contribution in [2.24, 2.45) is 0 Å². The Morgan fingerprint density at radius 2 is 1.96 bits per heavy atom. The minimum atomic E-state index is -1.18. The Bertz CT molecular complexity index is 937. The quantitative estimate of drug-likeness (QED) is 0.669. The highest BCUT2D eigenvalue weighted by Crippen LogP contribution is 2.38. The number of benzene rings is 1. The maximum Gasteiger partial charge on any atom is 0.322 e. The number of aryl methyl sites for hydroxylation is 1. The third kappa shape index (κ3) is 2.79. The van der Waals surface area contributed by atoms with E-state index in [1.807, 2.05) is 30.3 Å². The lowest BCUT2D eigenvalue weighted by molar-refractivity contribution is -0.135. The maximum absolute atomic E-state index is 12.2. The molecule has 0 aliphatic rings. The fourth-order valence-electron chi connectivity index (χ4n) is 2.33. The number of carboxylic acid groups (broad SMARTS) is 1. The van der Waals surface area contributed by atoms with E-state index in [-0.39, 0.29) is 11.4 Å². The third-order valence-electron chi connectivity index (χ3n) is 3.42. The van der Waals surface area contributed by atoms with Crippen LogP contribution >= 0.6 is 11.5 Å². The van der Waals surface area contributed by atoms with Crippen molar-refractivity contribution in [1.29, 1.82) is 0 Å². The lowest BCUT2D eigenvalue weighted by Crippen LogP contribution is -2.30. The summed E-state index contributed by atoms with van der Waals surface area (Å²) >= 11 is 1.19. The monoisotopic (exact) mass is 343 g/mol. The fourth-order valence-corrected chi connectivity index (χ4v) is 3.24. The van der Waals surface area contributed by atoms with Gasteiger partial charge in [-0.15, -0.1) is 0 Å². The van der Waals surface area contributed by atoms with E-state index in [1.54, 1.807) is 6.92 Å². The highest BCUT2D eigenvalue weighted by atomic mass is 32.1. The molecule has 0 aliphatic carbocycles. The Morgan fingerprint density at radius 3 is 2.62 bits per heavy atom. The molecule has 0 fully saturated rings. The van der Waals surface area contributed by atoms with Gasteiger partial charge in [0.05, 0.1) is 21.5 Å². The lowest BCUT2D eigenvalue weighted by Gasteiger charge is -2.09. The number of aromatic hydroxyl groups is 1. The van der Waals surface area contributed by atoms with Crippen LogP contribution in [-0.2, 0) is 4.79 Å². The van der Waals surface area contributed by atoms with Gasteiger partial charge in [0.2, 0.25) is 0 Å². The molecule has 0 spiro atoms. The SMILES string of the molecule is Cc1nsc2c(-c3ccccc3)nc(C(=O)NCC(=O)O)c(O)c12. The van der Waals surface area contributed by atoms with Crippen molar-refractivity contribution in [3.63, 3.8) is 0 Å².